The summed E-state index contributed by atoms with van der Waals surface area (Å²) in [5, 5.41) is 3.42. The molecule has 18 heavy (non-hydrogen) atoms. The van der Waals surface area contributed by atoms with Crippen molar-refractivity contribution in [2.75, 3.05) is 43.0 Å². The predicted molar refractivity (Wildman–Crippen MR) is 78.6 cm³/mol. The van der Waals surface area contributed by atoms with Crippen LogP contribution in [-0.4, -0.2) is 31.1 Å². The van der Waals surface area contributed by atoms with Crippen LogP contribution in [0, 0.1) is 5.92 Å². The van der Waals surface area contributed by atoms with Gasteiger partial charge in [-0.25, -0.2) is 0 Å². The van der Waals surface area contributed by atoms with Gasteiger partial charge in [0.15, 0.2) is 0 Å². The number of hydrogen-bond donors (Lipinski definition) is 3. The Balaban J connectivity index is 1.77. The van der Waals surface area contributed by atoms with Crippen LogP contribution >= 0.6 is 0 Å². The van der Waals surface area contributed by atoms with Crippen molar-refractivity contribution in [3.05, 3.63) is 18.2 Å². The maximum atomic E-state index is 5.79. The van der Waals surface area contributed by atoms with Crippen molar-refractivity contribution in [2.24, 2.45) is 5.92 Å². The molecule has 1 heterocycles. The molecule has 0 radical (unpaired) electrons. The molecular formula is C14H24N4. The van der Waals surface area contributed by atoms with Gasteiger partial charge in [-0.05, 0) is 50.0 Å². The van der Waals surface area contributed by atoms with E-state index >= 15 is 0 Å². The van der Waals surface area contributed by atoms with Gasteiger partial charge in [0.05, 0.1) is 11.4 Å². The molecule has 1 aromatic carbocycles. The van der Waals surface area contributed by atoms with Crippen LogP contribution in [-0.2, 0) is 0 Å². The molecule has 1 fully saturated rings. The normalized spacial score (nSPS) is 17.8. The number of hydrogen-bond acceptors (Lipinski definition) is 4. The van der Waals surface area contributed by atoms with Gasteiger partial charge in [0, 0.05) is 18.8 Å². The van der Waals surface area contributed by atoms with E-state index < -0.39 is 0 Å². The third-order valence-corrected chi connectivity index (χ3v) is 3.51. The molecule has 0 saturated carbocycles. The molecule has 4 heteroatoms. The Morgan fingerprint density at radius 2 is 1.94 bits per heavy atom. The van der Waals surface area contributed by atoms with Crippen molar-refractivity contribution in [1.82, 2.24) is 4.90 Å². The molecule has 4 nitrogen and oxygen atoms in total. The Labute approximate surface area is 109 Å². The topological polar surface area (TPSA) is 67.3 Å². The minimum atomic E-state index is 0.641. The Morgan fingerprint density at radius 1 is 1.22 bits per heavy atom. The SMILES string of the molecule is CC(CNc1ccc(N)c(N)c1)CN1CCCC1. The summed E-state index contributed by atoms with van der Waals surface area (Å²) in [7, 11) is 0. The van der Waals surface area contributed by atoms with Crippen LogP contribution in [0.5, 0.6) is 0 Å². The number of nitrogens with two attached hydrogens (primary N) is 2. The van der Waals surface area contributed by atoms with Crippen molar-refractivity contribution in [1.29, 1.82) is 0 Å². The van der Waals surface area contributed by atoms with Crippen LogP contribution in [0.4, 0.5) is 17.1 Å². The molecule has 1 saturated heterocycles. The monoisotopic (exact) mass is 248 g/mol. The van der Waals surface area contributed by atoms with E-state index in [1.807, 2.05) is 18.2 Å². The molecule has 0 amide bonds. The van der Waals surface area contributed by atoms with E-state index in [2.05, 4.69) is 17.1 Å². The number of nitrogens with one attached hydrogen (secondary N) is 1. The largest absolute Gasteiger partial charge is 0.397 e. The molecule has 0 aliphatic carbocycles. The maximum Gasteiger partial charge on any atom is 0.0568 e. The highest BCUT2D eigenvalue weighted by molar-refractivity contribution is 5.69. The summed E-state index contributed by atoms with van der Waals surface area (Å²) in [4.78, 5) is 2.55. The summed E-state index contributed by atoms with van der Waals surface area (Å²) >= 11 is 0. The minimum Gasteiger partial charge on any atom is -0.397 e. The summed E-state index contributed by atoms with van der Waals surface area (Å²) in [5.41, 5.74) is 13.8. The standard InChI is InChI=1S/C14H24N4/c1-11(10-18-6-2-3-7-18)9-17-12-4-5-13(15)14(16)8-12/h4-5,8,11,17H,2-3,6-7,9-10,15-16H2,1H3. The summed E-state index contributed by atoms with van der Waals surface area (Å²) in [5.74, 6) is 0.641. The maximum absolute atomic E-state index is 5.79. The molecule has 0 bridgehead atoms. The van der Waals surface area contributed by atoms with Gasteiger partial charge in [0.1, 0.15) is 0 Å². The summed E-state index contributed by atoms with van der Waals surface area (Å²) < 4.78 is 0. The molecule has 1 atom stereocenters. The lowest BCUT2D eigenvalue weighted by atomic mass is 10.1. The van der Waals surface area contributed by atoms with Crippen LogP contribution in [0.1, 0.15) is 19.8 Å². The smallest absolute Gasteiger partial charge is 0.0568 e. The fourth-order valence-corrected chi connectivity index (χ4v) is 2.45. The Kier molecular flexibility index (Phi) is 4.31. The van der Waals surface area contributed by atoms with E-state index in [0.29, 0.717) is 17.3 Å². The number of likely N-dealkylation sites (tertiary alicyclic amines) is 1. The number of nitrogen functional groups attached to an aromatic ring is 2. The molecular weight excluding hydrogens is 224 g/mol. The lowest BCUT2D eigenvalue weighted by molar-refractivity contribution is 0.294. The average Bonchev–Trinajstić information content (AvgIpc) is 2.83. The molecule has 5 N–H and O–H groups in total. The highest BCUT2D eigenvalue weighted by Gasteiger charge is 2.14. The second kappa shape index (κ2) is 5.96. The van der Waals surface area contributed by atoms with Crippen LogP contribution in [0.25, 0.3) is 0 Å². The van der Waals surface area contributed by atoms with Crippen LogP contribution in [0.3, 0.4) is 0 Å². The highest BCUT2D eigenvalue weighted by atomic mass is 15.1. The summed E-state index contributed by atoms with van der Waals surface area (Å²) in [6, 6.07) is 5.73. The van der Waals surface area contributed by atoms with E-state index in [4.69, 9.17) is 11.5 Å². The quantitative estimate of drug-likeness (QED) is 0.697. The third kappa shape index (κ3) is 3.53. The highest BCUT2D eigenvalue weighted by Crippen LogP contribution is 2.20. The second-order valence-corrected chi connectivity index (χ2v) is 5.34. The Morgan fingerprint density at radius 3 is 2.61 bits per heavy atom. The van der Waals surface area contributed by atoms with E-state index in [-0.39, 0.29) is 0 Å². The molecule has 2 rings (SSSR count). The number of nitrogens with zero attached hydrogens (tertiary/aromatic N) is 1. The van der Waals surface area contributed by atoms with Crippen LogP contribution in [0.15, 0.2) is 18.2 Å². The first-order chi connectivity index (χ1) is 8.65. The predicted octanol–water partition coefficient (Wildman–Crippen LogP) is 1.99. The zero-order chi connectivity index (χ0) is 13.0. The molecule has 0 aromatic heterocycles. The number of rotatable bonds is 5. The Hall–Kier alpha value is -1.42. The van der Waals surface area contributed by atoms with E-state index in [9.17, 15) is 0 Å². The first-order valence-electron chi connectivity index (χ1n) is 6.76. The molecule has 1 aliphatic heterocycles. The van der Waals surface area contributed by atoms with Gasteiger partial charge < -0.3 is 21.7 Å². The molecule has 1 aromatic rings. The number of benzene rings is 1. The van der Waals surface area contributed by atoms with Gasteiger partial charge in [-0.2, -0.15) is 0 Å². The van der Waals surface area contributed by atoms with Crippen LogP contribution < -0.4 is 16.8 Å². The summed E-state index contributed by atoms with van der Waals surface area (Å²) in [6.45, 7) is 6.96. The fourth-order valence-electron chi connectivity index (χ4n) is 2.45. The van der Waals surface area contributed by atoms with Gasteiger partial charge in [0.2, 0.25) is 0 Å². The van der Waals surface area contributed by atoms with Crippen LogP contribution in [0.2, 0.25) is 0 Å². The molecule has 0 spiro atoms. The number of anilines is 3. The van der Waals surface area contributed by atoms with Gasteiger partial charge >= 0.3 is 0 Å². The zero-order valence-electron chi connectivity index (χ0n) is 11.2. The van der Waals surface area contributed by atoms with Crippen molar-refractivity contribution in [2.45, 2.75) is 19.8 Å². The van der Waals surface area contributed by atoms with E-state index in [1.165, 1.54) is 32.5 Å². The van der Waals surface area contributed by atoms with Crippen molar-refractivity contribution in [3.8, 4) is 0 Å². The second-order valence-electron chi connectivity index (χ2n) is 5.34. The van der Waals surface area contributed by atoms with Gasteiger partial charge in [-0.3, -0.25) is 0 Å². The van der Waals surface area contributed by atoms with Crippen molar-refractivity contribution in [3.63, 3.8) is 0 Å². The zero-order valence-corrected chi connectivity index (χ0v) is 11.2. The molecule has 1 aliphatic rings. The molecule has 100 valence electrons. The molecule has 1 unspecified atom stereocenters. The lowest BCUT2D eigenvalue weighted by Crippen LogP contribution is -2.28. The first-order valence-corrected chi connectivity index (χ1v) is 6.76. The average molecular weight is 248 g/mol. The summed E-state index contributed by atoms with van der Waals surface area (Å²) in [6.07, 6.45) is 2.71. The van der Waals surface area contributed by atoms with Crippen molar-refractivity contribution < 1.29 is 0 Å². The van der Waals surface area contributed by atoms with E-state index in [1.54, 1.807) is 0 Å². The minimum absolute atomic E-state index is 0.641. The third-order valence-electron chi connectivity index (χ3n) is 3.51. The lowest BCUT2D eigenvalue weighted by Gasteiger charge is -2.21. The van der Waals surface area contributed by atoms with Gasteiger partial charge in [-0.15, -0.1) is 0 Å². The first kappa shape index (κ1) is 13.0. The Bertz CT molecular complexity index is 385. The van der Waals surface area contributed by atoms with Gasteiger partial charge in [0.25, 0.3) is 0 Å². The van der Waals surface area contributed by atoms with Crippen molar-refractivity contribution >= 4 is 17.1 Å². The van der Waals surface area contributed by atoms with E-state index in [0.717, 1.165) is 12.2 Å². The fraction of sp³-hybridized carbons (Fsp3) is 0.571. The van der Waals surface area contributed by atoms with Gasteiger partial charge in [-0.1, -0.05) is 6.92 Å².